The molecule has 2 N–H and O–H groups in total. The molecule has 1 atom stereocenters. The first-order valence-electron chi connectivity index (χ1n) is 5.45. The topological polar surface area (TPSA) is 35.2 Å². The van der Waals surface area contributed by atoms with Crippen LogP contribution in [0, 0.1) is 13.8 Å². The minimum Gasteiger partial charge on any atom is -0.496 e. The normalized spacial score (nSPS) is 12.6. The van der Waals surface area contributed by atoms with Crippen molar-refractivity contribution in [2.24, 2.45) is 5.73 Å². The van der Waals surface area contributed by atoms with Gasteiger partial charge in [0.25, 0.3) is 0 Å². The maximum Gasteiger partial charge on any atom is 0.125 e. The highest BCUT2D eigenvalue weighted by Gasteiger charge is 2.13. The molecule has 15 heavy (non-hydrogen) atoms. The van der Waals surface area contributed by atoms with Crippen LogP contribution in [-0.4, -0.2) is 13.7 Å². The summed E-state index contributed by atoms with van der Waals surface area (Å²) in [6.45, 7) is 7.12. The first-order valence-corrected chi connectivity index (χ1v) is 5.45. The van der Waals surface area contributed by atoms with Crippen LogP contribution in [-0.2, 0) is 0 Å². The third-order valence-corrected chi connectivity index (χ3v) is 2.78. The van der Waals surface area contributed by atoms with Gasteiger partial charge >= 0.3 is 0 Å². The number of aryl methyl sites for hydroxylation is 2. The summed E-state index contributed by atoms with van der Waals surface area (Å²) in [5.41, 5.74) is 9.36. The quantitative estimate of drug-likeness (QED) is 0.824. The standard InChI is InChI=1S/C13H21NO/c1-9-7-11(3)13(15-4)12(8-9)10(2)5-6-14/h7-8,10H,5-6,14H2,1-4H3. The Hall–Kier alpha value is -1.02. The molecule has 0 aliphatic heterocycles. The van der Waals surface area contributed by atoms with Crippen molar-refractivity contribution in [2.45, 2.75) is 33.1 Å². The summed E-state index contributed by atoms with van der Waals surface area (Å²) in [6, 6.07) is 4.35. The van der Waals surface area contributed by atoms with E-state index in [0.29, 0.717) is 5.92 Å². The van der Waals surface area contributed by atoms with Crippen molar-refractivity contribution in [3.05, 3.63) is 28.8 Å². The lowest BCUT2D eigenvalue weighted by Crippen LogP contribution is -2.06. The van der Waals surface area contributed by atoms with Gasteiger partial charge in [-0.3, -0.25) is 0 Å². The van der Waals surface area contributed by atoms with Gasteiger partial charge in [0.05, 0.1) is 7.11 Å². The van der Waals surface area contributed by atoms with Crippen molar-refractivity contribution in [1.82, 2.24) is 0 Å². The van der Waals surface area contributed by atoms with Crippen LogP contribution in [0.1, 0.15) is 36.0 Å². The summed E-state index contributed by atoms with van der Waals surface area (Å²) < 4.78 is 5.46. The Morgan fingerprint density at radius 3 is 2.53 bits per heavy atom. The molecule has 0 spiro atoms. The zero-order valence-corrected chi connectivity index (χ0v) is 10.1. The molecule has 0 aliphatic carbocycles. The Balaban J connectivity index is 3.13. The minimum absolute atomic E-state index is 0.462. The second kappa shape index (κ2) is 5.17. The van der Waals surface area contributed by atoms with Crippen molar-refractivity contribution in [1.29, 1.82) is 0 Å². The van der Waals surface area contributed by atoms with E-state index in [0.717, 1.165) is 18.7 Å². The maximum absolute atomic E-state index is 5.59. The number of methoxy groups -OCH3 is 1. The lowest BCUT2D eigenvalue weighted by atomic mass is 9.93. The highest BCUT2D eigenvalue weighted by molar-refractivity contribution is 5.45. The molecule has 1 rings (SSSR count). The van der Waals surface area contributed by atoms with Crippen LogP contribution in [0.5, 0.6) is 5.75 Å². The van der Waals surface area contributed by atoms with Crippen molar-refractivity contribution in [2.75, 3.05) is 13.7 Å². The van der Waals surface area contributed by atoms with Crippen LogP contribution in [0.15, 0.2) is 12.1 Å². The van der Waals surface area contributed by atoms with Gasteiger partial charge in [-0.05, 0) is 43.9 Å². The zero-order valence-electron chi connectivity index (χ0n) is 10.1. The van der Waals surface area contributed by atoms with E-state index >= 15 is 0 Å². The molecule has 0 saturated heterocycles. The van der Waals surface area contributed by atoms with E-state index in [9.17, 15) is 0 Å². The molecule has 2 nitrogen and oxygen atoms in total. The monoisotopic (exact) mass is 207 g/mol. The largest absolute Gasteiger partial charge is 0.496 e. The third-order valence-electron chi connectivity index (χ3n) is 2.78. The van der Waals surface area contributed by atoms with Crippen LogP contribution in [0.2, 0.25) is 0 Å². The van der Waals surface area contributed by atoms with Crippen LogP contribution in [0.25, 0.3) is 0 Å². The van der Waals surface area contributed by atoms with E-state index in [1.54, 1.807) is 7.11 Å². The summed E-state index contributed by atoms with van der Waals surface area (Å²) in [5, 5.41) is 0. The molecular weight excluding hydrogens is 186 g/mol. The molecule has 0 fully saturated rings. The molecular formula is C13H21NO. The van der Waals surface area contributed by atoms with E-state index in [4.69, 9.17) is 10.5 Å². The average Bonchev–Trinajstić information content (AvgIpc) is 2.17. The first-order chi connectivity index (χ1) is 7.10. The van der Waals surface area contributed by atoms with Gasteiger partial charge in [0, 0.05) is 0 Å². The third kappa shape index (κ3) is 2.72. The number of ether oxygens (including phenoxy) is 1. The lowest BCUT2D eigenvalue weighted by Gasteiger charge is -2.17. The summed E-state index contributed by atoms with van der Waals surface area (Å²) >= 11 is 0. The van der Waals surface area contributed by atoms with Crippen molar-refractivity contribution < 1.29 is 4.74 Å². The molecule has 1 aromatic carbocycles. The van der Waals surface area contributed by atoms with Gasteiger partial charge in [0.1, 0.15) is 5.75 Å². The Morgan fingerprint density at radius 1 is 1.33 bits per heavy atom. The molecule has 0 heterocycles. The fourth-order valence-electron chi connectivity index (χ4n) is 2.04. The fraction of sp³-hybridized carbons (Fsp3) is 0.538. The second-order valence-electron chi connectivity index (χ2n) is 4.18. The number of nitrogens with two attached hydrogens (primary N) is 1. The van der Waals surface area contributed by atoms with E-state index in [1.807, 2.05) is 0 Å². The maximum atomic E-state index is 5.59. The van der Waals surface area contributed by atoms with Gasteiger partial charge in [-0.1, -0.05) is 24.6 Å². The molecule has 0 aliphatic rings. The molecule has 1 aromatic rings. The van der Waals surface area contributed by atoms with E-state index in [-0.39, 0.29) is 0 Å². The van der Waals surface area contributed by atoms with Gasteiger partial charge in [-0.15, -0.1) is 0 Å². The van der Waals surface area contributed by atoms with E-state index in [1.165, 1.54) is 16.7 Å². The lowest BCUT2D eigenvalue weighted by molar-refractivity contribution is 0.402. The summed E-state index contributed by atoms with van der Waals surface area (Å²) in [7, 11) is 1.73. The molecule has 1 unspecified atom stereocenters. The molecule has 0 radical (unpaired) electrons. The highest BCUT2D eigenvalue weighted by Crippen LogP contribution is 2.32. The number of hydrogen-bond donors (Lipinski definition) is 1. The van der Waals surface area contributed by atoms with Crippen LogP contribution in [0.3, 0.4) is 0 Å². The highest BCUT2D eigenvalue weighted by atomic mass is 16.5. The number of hydrogen-bond acceptors (Lipinski definition) is 2. The van der Waals surface area contributed by atoms with Gasteiger partial charge < -0.3 is 10.5 Å². The van der Waals surface area contributed by atoms with Crippen LogP contribution in [0.4, 0.5) is 0 Å². The average molecular weight is 207 g/mol. The molecule has 84 valence electrons. The van der Waals surface area contributed by atoms with E-state index in [2.05, 4.69) is 32.9 Å². The van der Waals surface area contributed by atoms with Crippen molar-refractivity contribution in [3.63, 3.8) is 0 Å². The summed E-state index contributed by atoms with van der Waals surface area (Å²) in [4.78, 5) is 0. The molecule has 0 bridgehead atoms. The Kier molecular flexibility index (Phi) is 4.15. The van der Waals surface area contributed by atoms with Gasteiger partial charge in [0.2, 0.25) is 0 Å². The van der Waals surface area contributed by atoms with Crippen LogP contribution >= 0.6 is 0 Å². The number of benzene rings is 1. The Morgan fingerprint density at radius 2 is 2.00 bits per heavy atom. The summed E-state index contributed by atoms with van der Waals surface area (Å²) in [5.74, 6) is 1.48. The SMILES string of the molecule is COc1c(C)cc(C)cc1C(C)CCN. The number of rotatable bonds is 4. The zero-order chi connectivity index (χ0) is 11.4. The van der Waals surface area contributed by atoms with Gasteiger partial charge in [0.15, 0.2) is 0 Å². The Labute approximate surface area is 92.4 Å². The van der Waals surface area contributed by atoms with Crippen molar-refractivity contribution >= 4 is 0 Å². The smallest absolute Gasteiger partial charge is 0.125 e. The van der Waals surface area contributed by atoms with Gasteiger partial charge in [-0.2, -0.15) is 0 Å². The predicted octanol–water partition coefficient (Wildman–Crippen LogP) is 2.76. The van der Waals surface area contributed by atoms with Crippen LogP contribution < -0.4 is 10.5 Å². The molecule has 2 heteroatoms. The molecule has 0 aromatic heterocycles. The Bertz CT molecular complexity index is 334. The minimum atomic E-state index is 0.462. The molecule has 0 saturated carbocycles. The second-order valence-corrected chi connectivity index (χ2v) is 4.18. The molecule has 0 amide bonds. The fourth-order valence-corrected chi connectivity index (χ4v) is 2.04. The van der Waals surface area contributed by atoms with Gasteiger partial charge in [-0.25, -0.2) is 0 Å². The first kappa shape index (κ1) is 12.1. The van der Waals surface area contributed by atoms with E-state index < -0.39 is 0 Å². The predicted molar refractivity (Wildman–Crippen MR) is 64.6 cm³/mol. The van der Waals surface area contributed by atoms with Crippen molar-refractivity contribution in [3.8, 4) is 5.75 Å². The summed E-state index contributed by atoms with van der Waals surface area (Å²) in [6.07, 6.45) is 0.999.